The Morgan fingerprint density at radius 3 is 2.42 bits per heavy atom. The normalized spacial score (nSPS) is 12.4. The van der Waals surface area contributed by atoms with E-state index in [-0.39, 0.29) is 23.6 Å². The van der Waals surface area contributed by atoms with Gasteiger partial charge in [0.2, 0.25) is 11.8 Å². The minimum Gasteiger partial charge on any atom is -0.325 e. The van der Waals surface area contributed by atoms with E-state index < -0.39 is 39.5 Å². The topological polar surface area (TPSA) is 105 Å². The summed E-state index contributed by atoms with van der Waals surface area (Å²) in [6.45, 7) is 1.21. The fourth-order valence-electron chi connectivity index (χ4n) is 2.53. The Bertz CT molecular complexity index is 1000. The second kappa shape index (κ2) is 9.75. The van der Waals surface area contributed by atoms with Gasteiger partial charge in [0.25, 0.3) is 5.69 Å². The van der Waals surface area contributed by atoms with Gasteiger partial charge in [-0.3, -0.25) is 24.6 Å². The molecule has 0 fully saturated rings. The van der Waals surface area contributed by atoms with E-state index in [1.165, 1.54) is 49.2 Å². The minimum atomic E-state index is -4.67. The highest BCUT2D eigenvalue weighted by Gasteiger charge is 2.33. The number of hydrogen-bond acceptors (Lipinski definition) is 5. The van der Waals surface area contributed by atoms with Crippen LogP contribution in [0.15, 0.2) is 42.5 Å². The summed E-state index contributed by atoms with van der Waals surface area (Å²) in [5.74, 6) is -1.17. The molecule has 0 radical (unpaired) electrons. The van der Waals surface area contributed by atoms with Gasteiger partial charge in [0, 0.05) is 23.5 Å². The molecule has 2 N–H and O–H groups in total. The molecule has 31 heavy (non-hydrogen) atoms. The molecule has 2 amide bonds. The molecule has 0 saturated heterocycles. The Morgan fingerprint density at radius 1 is 1.16 bits per heavy atom. The maximum Gasteiger partial charge on any atom is 0.417 e. The van der Waals surface area contributed by atoms with Gasteiger partial charge in [-0.15, -0.1) is 0 Å². The molecule has 2 aromatic carbocycles. The summed E-state index contributed by atoms with van der Waals surface area (Å²) in [7, 11) is 1.47. The van der Waals surface area contributed by atoms with Crippen molar-refractivity contribution in [3.63, 3.8) is 0 Å². The van der Waals surface area contributed by atoms with Crippen molar-refractivity contribution in [2.75, 3.05) is 24.2 Å². The lowest BCUT2D eigenvalue weighted by Gasteiger charge is -2.23. The third kappa shape index (κ3) is 6.66. The number of benzene rings is 2. The number of nitrogens with one attached hydrogen (secondary N) is 2. The lowest BCUT2D eigenvalue weighted by molar-refractivity contribution is -0.384. The number of anilines is 2. The molecule has 1 atom stereocenters. The summed E-state index contributed by atoms with van der Waals surface area (Å²) >= 11 is 5.55. The standard InChI is InChI=1S/C19H18ClF3N4O4/c1-11(18(29)25-12-4-3-5-14(8-12)27(30)31)26(2)10-17(28)24-13-6-7-16(20)15(9-13)19(21,22)23/h3-9,11H,10H2,1-2H3,(H,24,28)(H,25,29). The SMILES string of the molecule is CC(C(=O)Nc1cccc([N+](=O)[O-])c1)N(C)CC(=O)Nc1ccc(Cl)c(C(F)(F)F)c1. The number of halogens is 4. The van der Waals surface area contributed by atoms with Crippen molar-refractivity contribution in [3.8, 4) is 0 Å². The number of hydrogen-bond donors (Lipinski definition) is 2. The van der Waals surface area contributed by atoms with E-state index in [4.69, 9.17) is 11.6 Å². The van der Waals surface area contributed by atoms with E-state index in [1.807, 2.05) is 0 Å². The second-order valence-corrected chi connectivity index (χ2v) is 7.04. The predicted octanol–water partition coefficient (Wildman–Crippen LogP) is 4.16. The number of carbonyl (C=O) groups is 2. The minimum absolute atomic E-state index is 0.0937. The molecule has 2 rings (SSSR count). The summed E-state index contributed by atoms with van der Waals surface area (Å²) in [4.78, 5) is 36.2. The van der Waals surface area contributed by atoms with E-state index in [0.717, 1.165) is 12.1 Å². The molecular formula is C19H18ClF3N4O4. The van der Waals surface area contributed by atoms with Crippen LogP contribution in [0.4, 0.5) is 30.2 Å². The van der Waals surface area contributed by atoms with Crippen LogP contribution >= 0.6 is 11.6 Å². The number of alkyl halides is 3. The van der Waals surface area contributed by atoms with Crippen LogP contribution in [0, 0.1) is 10.1 Å². The van der Waals surface area contributed by atoms with Crippen molar-refractivity contribution in [3.05, 3.63) is 63.2 Å². The zero-order chi connectivity index (χ0) is 23.3. The van der Waals surface area contributed by atoms with Crippen molar-refractivity contribution in [1.29, 1.82) is 0 Å². The van der Waals surface area contributed by atoms with Crippen molar-refractivity contribution < 1.29 is 27.7 Å². The summed E-state index contributed by atoms with van der Waals surface area (Å²) in [5.41, 5.74) is -1.15. The Labute approximate surface area is 180 Å². The third-order valence-corrected chi connectivity index (χ3v) is 4.64. The van der Waals surface area contributed by atoms with E-state index in [2.05, 4.69) is 10.6 Å². The number of carbonyl (C=O) groups excluding carboxylic acids is 2. The van der Waals surface area contributed by atoms with Gasteiger partial charge in [-0.05, 0) is 38.2 Å². The summed E-state index contributed by atoms with van der Waals surface area (Å²) < 4.78 is 38.8. The summed E-state index contributed by atoms with van der Waals surface area (Å²) in [6, 6.07) is 7.51. The van der Waals surface area contributed by atoms with Crippen LogP contribution in [0.25, 0.3) is 0 Å². The smallest absolute Gasteiger partial charge is 0.325 e. The van der Waals surface area contributed by atoms with Crippen LogP contribution in [0.1, 0.15) is 12.5 Å². The zero-order valence-electron chi connectivity index (χ0n) is 16.4. The fourth-order valence-corrected chi connectivity index (χ4v) is 2.75. The number of likely N-dealkylation sites (N-methyl/N-ethyl adjacent to an activating group) is 1. The first-order valence-corrected chi connectivity index (χ1v) is 9.18. The van der Waals surface area contributed by atoms with E-state index in [9.17, 15) is 32.9 Å². The summed E-state index contributed by atoms with van der Waals surface area (Å²) in [5, 5.41) is 15.2. The Kier molecular flexibility index (Phi) is 7.58. The molecule has 1 unspecified atom stereocenters. The number of rotatable bonds is 7. The molecular weight excluding hydrogens is 441 g/mol. The lowest BCUT2D eigenvalue weighted by atomic mass is 10.2. The average molecular weight is 459 g/mol. The number of non-ortho nitro benzene ring substituents is 1. The molecule has 2 aromatic rings. The molecule has 0 aliphatic heterocycles. The van der Waals surface area contributed by atoms with Gasteiger partial charge in [0.05, 0.1) is 28.1 Å². The molecule has 8 nitrogen and oxygen atoms in total. The van der Waals surface area contributed by atoms with Crippen LogP contribution in [-0.4, -0.2) is 41.3 Å². The fraction of sp³-hybridized carbons (Fsp3) is 0.263. The average Bonchev–Trinajstić information content (AvgIpc) is 2.68. The molecule has 0 saturated carbocycles. The third-order valence-electron chi connectivity index (χ3n) is 4.31. The van der Waals surface area contributed by atoms with Crippen molar-refractivity contribution in [2.24, 2.45) is 0 Å². The lowest BCUT2D eigenvalue weighted by Crippen LogP contribution is -2.43. The Hall–Kier alpha value is -3.18. The van der Waals surface area contributed by atoms with Crippen LogP contribution < -0.4 is 10.6 Å². The molecule has 0 aromatic heterocycles. The van der Waals surface area contributed by atoms with E-state index >= 15 is 0 Å². The molecule has 0 aliphatic carbocycles. The van der Waals surface area contributed by atoms with Gasteiger partial charge < -0.3 is 10.6 Å². The van der Waals surface area contributed by atoms with E-state index in [0.29, 0.717) is 0 Å². The Morgan fingerprint density at radius 2 is 1.81 bits per heavy atom. The predicted molar refractivity (Wildman–Crippen MR) is 109 cm³/mol. The molecule has 0 spiro atoms. The van der Waals surface area contributed by atoms with Gasteiger partial charge >= 0.3 is 6.18 Å². The highest BCUT2D eigenvalue weighted by atomic mass is 35.5. The van der Waals surface area contributed by atoms with Crippen molar-refractivity contribution in [2.45, 2.75) is 19.1 Å². The first kappa shape index (κ1) is 24.1. The maximum atomic E-state index is 12.9. The molecule has 166 valence electrons. The molecule has 12 heteroatoms. The van der Waals surface area contributed by atoms with Crippen molar-refractivity contribution in [1.82, 2.24) is 4.90 Å². The second-order valence-electron chi connectivity index (χ2n) is 6.63. The quantitative estimate of drug-likeness (QED) is 0.478. The van der Waals surface area contributed by atoms with Gasteiger partial charge in [0.1, 0.15) is 0 Å². The monoisotopic (exact) mass is 458 g/mol. The number of nitro groups is 1. The zero-order valence-corrected chi connectivity index (χ0v) is 17.1. The van der Waals surface area contributed by atoms with Crippen LogP contribution in [-0.2, 0) is 15.8 Å². The first-order chi connectivity index (χ1) is 14.4. The number of amides is 2. The molecule has 0 aliphatic rings. The van der Waals surface area contributed by atoms with Gasteiger partial charge in [0.15, 0.2) is 0 Å². The van der Waals surface area contributed by atoms with Crippen LogP contribution in [0.5, 0.6) is 0 Å². The van der Waals surface area contributed by atoms with Gasteiger partial charge in [-0.2, -0.15) is 13.2 Å². The largest absolute Gasteiger partial charge is 0.417 e. The van der Waals surface area contributed by atoms with Crippen LogP contribution in [0.2, 0.25) is 5.02 Å². The highest BCUT2D eigenvalue weighted by molar-refractivity contribution is 6.31. The van der Waals surface area contributed by atoms with Gasteiger partial charge in [-0.25, -0.2) is 0 Å². The van der Waals surface area contributed by atoms with Crippen molar-refractivity contribution >= 4 is 40.5 Å². The number of nitro benzene ring substituents is 1. The first-order valence-electron chi connectivity index (χ1n) is 8.80. The molecule has 0 heterocycles. The Balaban J connectivity index is 1.98. The maximum absolute atomic E-state index is 12.9. The summed E-state index contributed by atoms with van der Waals surface area (Å²) in [6.07, 6.45) is -4.67. The highest BCUT2D eigenvalue weighted by Crippen LogP contribution is 2.36. The van der Waals surface area contributed by atoms with E-state index in [1.54, 1.807) is 0 Å². The van der Waals surface area contributed by atoms with Crippen LogP contribution in [0.3, 0.4) is 0 Å². The van der Waals surface area contributed by atoms with Gasteiger partial charge in [-0.1, -0.05) is 17.7 Å². The number of nitrogens with zero attached hydrogens (tertiary/aromatic N) is 2. The molecule has 0 bridgehead atoms.